The SMILES string of the molecule is COCC1=C(N)OC(O)O1. The highest BCUT2D eigenvalue weighted by Crippen LogP contribution is 2.15. The van der Waals surface area contributed by atoms with Crippen LogP contribution in [0.2, 0.25) is 0 Å². The Morgan fingerprint density at radius 2 is 2.40 bits per heavy atom. The predicted octanol–water partition coefficient (Wildman–Crippen LogP) is -0.917. The Morgan fingerprint density at radius 3 is 2.80 bits per heavy atom. The first-order chi connectivity index (χ1) is 4.74. The van der Waals surface area contributed by atoms with Gasteiger partial charge in [-0.1, -0.05) is 0 Å². The summed E-state index contributed by atoms with van der Waals surface area (Å²) in [5.41, 5.74) is 5.25. The Labute approximate surface area is 58.0 Å². The molecule has 0 saturated carbocycles. The third-order valence-corrected chi connectivity index (χ3v) is 1.02. The second-order valence-corrected chi connectivity index (χ2v) is 1.76. The smallest absolute Gasteiger partial charge is 0.359 e. The van der Waals surface area contributed by atoms with Gasteiger partial charge in [0.25, 0.3) is 0 Å². The summed E-state index contributed by atoms with van der Waals surface area (Å²) in [6.45, 7) is -1.06. The van der Waals surface area contributed by atoms with Crippen LogP contribution < -0.4 is 5.73 Å². The first-order valence-electron chi connectivity index (χ1n) is 2.73. The highest BCUT2D eigenvalue weighted by molar-refractivity contribution is 5.01. The Bertz CT molecular complexity index is 156. The monoisotopic (exact) mass is 147 g/mol. The second-order valence-electron chi connectivity index (χ2n) is 1.76. The van der Waals surface area contributed by atoms with Gasteiger partial charge in [0, 0.05) is 7.11 Å². The number of hydrogen-bond acceptors (Lipinski definition) is 5. The normalized spacial score (nSPS) is 24.4. The van der Waals surface area contributed by atoms with Gasteiger partial charge in [-0.3, -0.25) is 0 Å². The van der Waals surface area contributed by atoms with Gasteiger partial charge in [-0.05, 0) is 0 Å². The van der Waals surface area contributed by atoms with Gasteiger partial charge in [0.05, 0.1) is 0 Å². The Hall–Kier alpha value is -0.940. The van der Waals surface area contributed by atoms with E-state index in [0.29, 0.717) is 5.76 Å². The van der Waals surface area contributed by atoms with Crippen LogP contribution in [-0.4, -0.2) is 25.3 Å². The molecule has 3 N–H and O–H groups in total. The van der Waals surface area contributed by atoms with Crippen LogP contribution in [0.1, 0.15) is 0 Å². The van der Waals surface area contributed by atoms with E-state index in [0.717, 1.165) is 0 Å². The summed E-state index contributed by atoms with van der Waals surface area (Å²) in [4.78, 5) is 0. The van der Waals surface area contributed by atoms with Crippen LogP contribution >= 0.6 is 0 Å². The second kappa shape index (κ2) is 2.76. The Balaban J connectivity index is 2.49. The summed E-state index contributed by atoms with van der Waals surface area (Å²) in [6.07, 6.45) is 0. The molecule has 0 amide bonds. The van der Waals surface area contributed by atoms with Gasteiger partial charge in [-0.25, -0.2) is 0 Å². The first kappa shape index (κ1) is 7.17. The summed E-state index contributed by atoms with van der Waals surface area (Å²) < 4.78 is 13.9. The Morgan fingerprint density at radius 1 is 1.70 bits per heavy atom. The third kappa shape index (κ3) is 1.31. The predicted molar refractivity (Wildman–Crippen MR) is 31.3 cm³/mol. The van der Waals surface area contributed by atoms with E-state index >= 15 is 0 Å². The molecular weight excluding hydrogens is 138 g/mol. The highest BCUT2D eigenvalue weighted by Gasteiger charge is 2.22. The zero-order chi connectivity index (χ0) is 7.56. The molecule has 1 aliphatic heterocycles. The Kier molecular flexibility index (Phi) is 1.98. The lowest BCUT2D eigenvalue weighted by atomic mass is 10.5. The minimum atomic E-state index is -1.27. The maximum Gasteiger partial charge on any atom is 0.359 e. The fourth-order valence-corrected chi connectivity index (χ4v) is 0.614. The minimum absolute atomic E-state index is 0.0781. The maximum absolute atomic E-state index is 8.67. The molecule has 0 bridgehead atoms. The molecule has 0 aromatic carbocycles. The molecule has 58 valence electrons. The van der Waals surface area contributed by atoms with Gasteiger partial charge >= 0.3 is 6.48 Å². The van der Waals surface area contributed by atoms with Crippen molar-refractivity contribution in [1.82, 2.24) is 0 Å². The zero-order valence-corrected chi connectivity index (χ0v) is 5.53. The lowest BCUT2D eigenvalue weighted by molar-refractivity contribution is -0.195. The molecule has 1 unspecified atom stereocenters. The van der Waals surface area contributed by atoms with E-state index in [1.165, 1.54) is 7.11 Å². The summed E-state index contributed by atoms with van der Waals surface area (Å²) in [7, 11) is 1.49. The fraction of sp³-hybridized carbons (Fsp3) is 0.600. The van der Waals surface area contributed by atoms with Crippen molar-refractivity contribution < 1.29 is 19.3 Å². The molecule has 1 aliphatic rings. The number of aliphatic hydroxyl groups is 1. The van der Waals surface area contributed by atoms with Crippen LogP contribution in [0, 0.1) is 0 Å². The molecule has 5 nitrogen and oxygen atoms in total. The van der Waals surface area contributed by atoms with Gasteiger partial charge in [0.2, 0.25) is 5.88 Å². The lowest BCUT2D eigenvalue weighted by Crippen LogP contribution is -2.08. The van der Waals surface area contributed by atoms with Gasteiger partial charge in [0.15, 0.2) is 5.76 Å². The molecule has 0 fully saturated rings. The quantitative estimate of drug-likeness (QED) is 0.528. The van der Waals surface area contributed by atoms with Crippen molar-refractivity contribution in [3.05, 3.63) is 11.6 Å². The van der Waals surface area contributed by atoms with E-state index in [9.17, 15) is 0 Å². The number of methoxy groups -OCH3 is 1. The van der Waals surface area contributed by atoms with Gasteiger partial charge < -0.3 is 25.1 Å². The van der Waals surface area contributed by atoms with Crippen LogP contribution in [-0.2, 0) is 14.2 Å². The standard InChI is InChI=1S/C5H9NO4/c1-8-2-3-4(6)10-5(7)9-3/h5,7H,2,6H2,1H3. The van der Waals surface area contributed by atoms with Gasteiger partial charge in [-0.2, -0.15) is 0 Å². The zero-order valence-electron chi connectivity index (χ0n) is 5.53. The van der Waals surface area contributed by atoms with Crippen LogP contribution in [0.3, 0.4) is 0 Å². The van der Waals surface area contributed by atoms with Crippen molar-refractivity contribution in [2.75, 3.05) is 13.7 Å². The third-order valence-electron chi connectivity index (χ3n) is 1.02. The number of aliphatic hydroxyl groups excluding tert-OH is 1. The molecule has 0 saturated heterocycles. The number of nitrogens with two attached hydrogens (primary N) is 1. The van der Waals surface area contributed by atoms with Crippen molar-refractivity contribution in [2.45, 2.75) is 6.48 Å². The minimum Gasteiger partial charge on any atom is -0.429 e. The van der Waals surface area contributed by atoms with E-state index in [2.05, 4.69) is 9.47 Å². The number of hydrogen-bond donors (Lipinski definition) is 2. The van der Waals surface area contributed by atoms with Crippen molar-refractivity contribution in [1.29, 1.82) is 0 Å². The van der Waals surface area contributed by atoms with Gasteiger partial charge in [-0.15, -0.1) is 0 Å². The van der Waals surface area contributed by atoms with Crippen molar-refractivity contribution in [3.63, 3.8) is 0 Å². The average molecular weight is 147 g/mol. The highest BCUT2D eigenvalue weighted by atomic mass is 16.8. The summed E-state index contributed by atoms with van der Waals surface area (Å²) in [5.74, 6) is 0.407. The molecule has 1 heterocycles. The molecule has 1 atom stereocenters. The van der Waals surface area contributed by atoms with E-state index in [1.54, 1.807) is 0 Å². The first-order valence-corrected chi connectivity index (χ1v) is 2.73. The van der Waals surface area contributed by atoms with Crippen molar-refractivity contribution >= 4 is 0 Å². The van der Waals surface area contributed by atoms with E-state index < -0.39 is 6.48 Å². The van der Waals surface area contributed by atoms with Crippen LogP contribution in [0.25, 0.3) is 0 Å². The summed E-state index contributed by atoms with van der Waals surface area (Å²) in [5, 5.41) is 8.67. The van der Waals surface area contributed by atoms with Crippen molar-refractivity contribution in [3.8, 4) is 0 Å². The van der Waals surface area contributed by atoms with Crippen LogP contribution in [0.15, 0.2) is 11.6 Å². The van der Waals surface area contributed by atoms with Crippen LogP contribution in [0.4, 0.5) is 0 Å². The van der Waals surface area contributed by atoms with Gasteiger partial charge in [0.1, 0.15) is 6.61 Å². The molecule has 0 spiro atoms. The van der Waals surface area contributed by atoms with Crippen LogP contribution in [0.5, 0.6) is 0 Å². The van der Waals surface area contributed by atoms with E-state index in [1.807, 2.05) is 0 Å². The van der Waals surface area contributed by atoms with Crippen molar-refractivity contribution in [2.24, 2.45) is 5.73 Å². The van der Waals surface area contributed by atoms with E-state index in [-0.39, 0.29) is 12.5 Å². The lowest BCUT2D eigenvalue weighted by Gasteiger charge is -2.01. The molecular formula is C5H9NO4. The summed E-state index contributed by atoms with van der Waals surface area (Å²) in [6, 6.07) is 0. The molecule has 0 radical (unpaired) electrons. The summed E-state index contributed by atoms with van der Waals surface area (Å²) >= 11 is 0. The number of rotatable bonds is 2. The average Bonchev–Trinajstić information content (AvgIpc) is 2.13. The molecule has 1 rings (SSSR count). The molecule has 5 heteroatoms. The largest absolute Gasteiger partial charge is 0.429 e. The molecule has 10 heavy (non-hydrogen) atoms. The fourth-order valence-electron chi connectivity index (χ4n) is 0.614. The molecule has 0 aromatic rings. The topological polar surface area (TPSA) is 73.9 Å². The molecule has 0 aromatic heterocycles. The van der Waals surface area contributed by atoms with E-state index in [4.69, 9.17) is 15.6 Å². The number of ether oxygens (including phenoxy) is 3. The molecule has 0 aliphatic carbocycles. The maximum atomic E-state index is 8.67.